The first-order chi connectivity index (χ1) is 9.04. The van der Waals surface area contributed by atoms with Gasteiger partial charge in [0.05, 0.1) is 25.9 Å². The van der Waals surface area contributed by atoms with Crippen LogP contribution >= 0.6 is 0 Å². The average molecular weight is 265 g/mol. The first-order valence-electron chi connectivity index (χ1n) is 6.77. The monoisotopic (exact) mass is 265 g/mol. The third-order valence-corrected chi connectivity index (χ3v) is 3.60. The lowest BCUT2D eigenvalue weighted by molar-refractivity contribution is 0.0341. The quantitative estimate of drug-likeness (QED) is 0.911. The number of nitrogens with zero attached hydrogens (tertiary/aromatic N) is 1. The average Bonchev–Trinajstić information content (AvgIpc) is 2.40. The van der Waals surface area contributed by atoms with Crippen molar-refractivity contribution in [2.75, 3.05) is 25.2 Å². The molecular formula is C15H23NO3. The summed E-state index contributed by atoms with van der Waals surface area (Å²) < 4.78 is 11.0. The molecule has 0 spiro atoms. The Morgan fingerprint density at radius 2 is 2.16 bits per heavy atom. The van der Waals surface area contributed by atoms with E-state index in [0.717, 1.165) is 23.5 Å². The topological polar surface area (TPSA) is 41.9 Å². The number of aliphatic hydroxyl groups excluding tert-OH is 1. The van der Waals surface area contributed by atoms with E-state index in [1.54, 1.807) is 14.0 Å². The van der Waals surface area contributed by atoms with Gasteiger partial charge in [-0.05, 0) is 32.9 Å². The van der Waals surface area contributed by atoms with Crippen LogP contribution in [0.3, 0.4) is 0 Å². The van der Waals surface area contributed by atoms with Gasteiger partial charge in [-0.1, -0.05) is 6.07 Å². The highest BCUT2D eigenvalue weighted by Crippen LogP contribution is 2.36. The van der Waals surface area contributed by atoms with Crippen LogP contribution in [0.25, 0.3) is 0 Å². The molecule has 1 aromatic rings. The van der Waals surface area contributed by atoms with Crippen LogP contribution in [0.15, 0.2) is 18.2 Å². The molecule has 19 heavy (non-hydrogen) atoms. The summed E-state index contributed by atoms with van der Waals surface area (Å²) in [4.78, 5) is 2.29. The molecule has 106 valence electrons. The van der Waals surface area contributed by atoms with Gasteiger partial charge >= 0.3 is 0 Å². The lowest BCUT2D eigenvalue weighted by Crippen LogP contribution is -2.47. The van der Waals surface area contributed by atoms with Gasteiger partial charge in [0.15, 0.2) is 0 Å². The molecule has 0 aliphatic carbocycles. The molecule has 4 heteroatoms. The molecule has 0 amide bonds. The minimum absolute atomic E-state index is 0.198. The maximum atomic E-state index is 10.1. The van der Waals surface area contributed by atoms with Crippen molar-refractivity contribution in [3.05, 3.63) is 23.8 Å². The number of ether oxygens (including phenoxy) is 2. The summed E-state index contributed by atoms with van der Waals surface area (Å²) in [5.41, 5.74) is 1.89. The summed E-state index contributed by atoms with van der Waals surface area (Å²) in [6.07, 6.45) is -0.360. The standard InChI is InChI=1S/C15H23NO3/c1-10-9-19-11(2)8-16(10)13-6-5-7-14(18-4)15(13)12(3)17/h5-7,10-12,17H,8-9H2,1-4H3/t10?,11?,12-/m0/s1. The number of hydrogen-bond donors (Lipinski definition) is 1. The van der Waals surface area contributed by atoms with Crippen LogP contribution in [0.2, 0.25) is 0 Å². The summed E-state index contributed by atoms with van der Waals surface area (Å²) in [5.74, 6) is 0.735. The molecule has 1 fully saturated rings. The maximum Gasteiger partial charge on any atom is 0.126 e. The van der Waals surface area contributed by atoms with Gasteiger partial charge < -0.3 is 19.5 Å². The zero-order valence-corrected chi connectivity index (χ0v) is 12.1. The fraction of sp³-hybridized carbons (Fsp3) is 0.600. The molecule has 1 aliphatic heterocycles. The Morgan fingerprint density at radius 3 is 2.79 bits per heavy atom. The maximum absolute atomic E-state index is 10.1. The molecule has 2 rings (SSSR count). The van der Waals surface area contributed by atoms with E-state index in [-0.39, 0.29) is 6.10 Å². The normalized spacial score (nSPS) is 25.2. The molecule has 1 N–H and O–H groups in total. The van der Waals surface area contributed by atoms with Crippen molar-refractivity contribution in [1.29, 1.82) is 0 Å². The van der Waals surface area contributed by atoms with Gasteiger partial charge in [0.2, 0.25) is 0 Å². The molecule has 0 radical (unpaired) electrons. The highest BCUT2D eigenvalue weighted by atomic mass is 16.5. The largest absolute Gasteiger partial charge is 0.496 e. The molecule has 3 atom stereocenters. The lowest BCUT2D eigenvalue weighted by Gasteiger charge is -2.40. The van der Waals surface area contributed by atoms with E-state index in [1.165, 1.54) is 0 Å². The van der Waals surface area contributed by atoms with Crippen LogP contribution in [0.1, 0.15) is 32.4 Å². The van der Waals surface area contributed by atoms with Crippen LogP contribution in [-0.2, 0) is 4.74 Å². The second-order valence-corrected chi connectivity index (χ2v) is 5.21. The summed E-state index contributed by atoms with van der Waals surface area (Å²) in [5, 5.41) is 10.1. The van der Waals surface area contributed by atoms with Crippen LogP contribution in [0.5, 0.6) is 5.75 Å². The number of morpholine rings is 1. The Morgan fingerprint density at radius 1 is 1.42 bits per heavy atom. The van der Waals surface area contributed by atoms with Crippen molar-refractivity contribution in [3.8, 4) is 5.75 Å². The number of anilines is 1. The summed E-state index contributed by atoms with van der Waals surface area (Å²) in [6.45, 7) is 7.51. The Balaban J connectivity index is 2.43. The van der Waals surface area contributed by atoms with E-state index in [0.29, 0.717) is 12.6 Å². The van der Waals surface area contributed by atoms with Gasteiger partial charge in [-0.25, -0.2) is 0 Å². The van der Waals surface area contributed by atoms with Gasteiger partial charge in [0, 0.05) is 23.8 Å². The number of rotatable bonds is 3. The molecule has 0 bridgehead atoms. The number of aliphatic hydroxyl groups is 1. The second kappa shape index (κ2) is 5.80. The van der Waals surface area contributed by atoms with E-state index in [4.69, 9.17) is 9.47 Å². The molecule has 0 aromatic heterocycles. The summed E-state index contributed by atoms with van der Waals surface area (Å²) in [7, 11) is 1.64. The molecule has 1 saturated heterocycles. The van der Waals surface area contributed by atoms with Crippen LogP contribution < -0.4 is 9.64 Å². The molecule has 1 aromatic carbocycles. The molecule has 1 heterocycles. The molecule has 2 unspecified atom stereocenters. The third-order valence-electron chi connectivity index (χ3n) is 3.60. The van der Waals surface area contributed by atoms with Crippen molar-refractivity contribution >= 4 is 5.69 Å². The van der Waals surface area contributed by atoms with Crippen molar-refractivity contribution in [1.82, 2.24) is 0 Å². The Labute approximate surface area is 114 Å². The highest BCUT2D eigenvalue weighted by Gasteiger charge is 2.27. The smallest absolute Gasteiger partial charge is 0.126 e. The molecule has 1 aliphatic rings. The molecule has 4 nitrogen and oxygen atoms in total. The minimum atomic E-state index is -0.559. The predicted molar refractivity (Wildman–Crippen MR) is 75.8 cm³/mol. The predicted octanol–water partition coefficient (Wildman–Crippen LogP) is 2.36. The number of benzene rings is 1. The number of hydrogen-bond acceptors (Lipinski definition) is 4. The summed E-state index contributed by atoms with van der Waals surface area (Å²) >= 11 is 0. The van der Waals surface area contributed by atoms with Gasteiger partial charge in [-0.15, -0.1) is 0 Å². The lowest BCUT2D eigenvalue weighted by atomic mass is 10.0. The van der Waals surface area contributed by atoms with Crippen molar-refractivity contribution in [2.24, 2.45) is 0 Å². The van der Waals surface area contributed by atoms with E-state index < -0.39 is 6.10 Å². The third kappa shape index (κ3) is 2.85. The first kappa shape index (κ1) is 14.2. The minimum Gasteiger partial charge on any atom is -0.496 e. The fourth-order valence-corrected chi connectivity index (χ4v) is 2.62. The van der Waals surface area contributed by atoms with Gasteiger partial charge in [0.25, 0.3) is 0 Å². The van der Waals surface area contributed by atoms with Crippen LogP contribution in [0, 0.1) is 0 Å². The Hall–Kier alpha value is -1.26. The van der Waals surface area contributed by atoms with Gasteiger partial charge in [-0.2, -0.15) is 0 Å². The Bertz CT molecular complexity index is 433. The zero-order valence-electron chi connectivity index (χ0n) is 12.1. The van der Waals surface area contributed by atoms with Crippen LogP contribution in [-0.4, -0.2) is 37.5 Å². The molecule has 0 saturated carbocycles. The van der Waals surface area contributed by atoms with E-state index in [9.17, 15) is 5.11 Å². The van der Waals surface area contributed by atoms with Crippen molar-refractivity contribution < 1.29 is 14.6 Å². The first-order valence-corrected chi connectivity index (χ1v) is 6.77. The van der Waals surface area contributed by atoms with E-state index in [1.807, 2.05) is 18.2 Å². The summed E-state index contributed by atoms with van der Waals surface area (Å²) in [6, 6.07) is 6.19. The molecular weight excluding hydrogens is 242 g/mol. The van der Waals surface area contributed by atoms with E-state index >= 15 is 0 Å². The van der Waals surface area contributed by atoms with Crippen molar-refractivity contribution in [3.63, 3.8) is 0 Å². The zero-order chi connectivity index (χ0) is 14.0. The second-order valence-electron chi connectivity index (χ2n) is 5.21. The Kier molecular flexibility index (Phi) is 4.32. The SMILES string of the molecule is COc1cccc(N2CC(C)OCC2C)c1[C@H](C)O. The van der Waals surface area contributed by atoms with Gasteiger partial charge in [-0.3, -0.25) is 0 Å². The fourth-order valence-electron chi connectivity index (χ4n) is 2.62. The van der Waals surface area contributed by atoms with Gasteiger partial charge in [0.1, 0.15) is 5.75 Å². The number of methoxy groups -OCH3 is 1. The highest BCUT2D eigenvalue weighted by molar-refractivity contribution is 5.61. The van der Waals surface area contributed by atoms with E-state index in [2.05, 4.69) is 18.7 Å². The van der Waals surface area contributed by atoms with Crippen molar-refractivity contribution in [2.45, 2.75) is 39.0 Å². The van der Waals surface area contributed by atoms with Crippen LogP contribution in [0.4, 0.5) is 5.69 Å².